The molecule has 1 aliphatic rings. The number of carbonyl (C=O) groups excluding carboxylic acids is 1. The first-order valence-electron chi connectivity index (χ1n) is 5.84. The highest BCUT2D eigenvalue weighted by Gasteiger charge is 2.20. The third kappa shape index (κ3) is 3.35. The molecule has 1 N–H and O–H groups in total. The second-order valence-corrected chi connectivity index (χ2v) is 4.43. The van der Waals surface area contributed by atoms with Crippen molar-refractivity contribution in [3.8, 4) is 0 Å². The number of hydrogen-bond acceptors (Lipinski definition) is 3. The molecule has 0 spiro atoms. The molecule has 0 aliphatic carbocycles. The van der Waals surface area contributed by atoms with Crippen LogP contribution in [0.3, 0.4) is 0 Å². The summed E-state index contributed by atoms with van der Waals surface area (Å²) in [6.07, 6.45) is 0.879. The van der Waals surface area contributed by atoms with Crippen LogP contribution in [0.15, 0.2) is 24.3 Å². The summed E-state index contributed by atoms with van der Waals surface area (Å²) in [5.74, 6) is -0.432. The maximum atomic E-state index is 12.9. The SMILES string of the molecule is O=C(CCN1CCC(O)C1)c1cccc(F)c1. The molecule has 0 amide bonds. The van der Waals surface area contributed by atoms with Crippen molar-refractivity contribution in [2.45, 2.75) is 18.9 Å². The summed E-state index contributed by atoms with van der Waals surface area (Å²) < 4.78 is 12.9. The molecule has 4 heteroatoms. The maximum absolute atomic E-state index is 12.9. The van der Waals surface area contributed by atoms with E-state index in [0.29, 0.717) is 25.1 Å². The van der Waals surface area contributed by atoms with Crippen molar-refractivity contribution >= 4 is 5.78 Å². The highest BCUT2D eigenvalue weighted by Crippen LogP contribution is 2.11. The molecule has 1 aromatic carbocycles. The lowest BCUT2D eigenvalue weighted by molar-refractivity contribution is 0.0963. The highest BCUT2D eigenvalue weighted by molar-refractivity contribution is 5.96. The van der Waals surface area contributed by atoms with Crippen LogP contribution in [0.1, 0.15) is 23.2 Å². The highest BCUT2D eigenvalue weighted by atomic mass is 19.1. The Balaban J connectivity index is 1.85. The molecule has 2 rings (SSSR count). The smallest absolute Gasteiger partial charge is 0.164 e. The summed E-state index contributed by atoms with van der Waals surface area (Å²) in [5, 5.41) is 9.34. The van der Waals surface area contributed by atoms with Crippen molar-refractivity contribution in [2.75, 3.05) is 19.6 Å². The fourth-order valence-electron chi connectivity index (χ4n) is 2.08. The van der Waals surface area contributed by atoms with Gasteiger partial charge in [-0.3, -0.25) is 4.79 Å². The standard InChI is InChI=1S/C13H16FNO2/c14-11-3-1-2-10(8-11)13(17)5-7-15-6-4-12(16)9-15/h1-3,8,12,16H,4-7,9H2. The van der Waals surface area contributed by atoms with Gasteiger partial charge in [0.1, 0.15) is 5.82 Å². The largest absolute Gasteiger partial charge is 0.392 e. The minimum atomic E-state index is -0.382. The van der Waals surface area contributed by atoms with Gasteiger partial charge >= 0.3 is 0 Å². The van der Waals surface area contributed by atoms with Gasteiger partial charge in [0.05, 0.1) is 6.10 Å². The molecule has 0 bridgehead atoms. The van der Waals surface area contributed by atoms with Gasteiger partial charge in [0.15, 0.2) is 5.78 Å². The number of β-amino-alcohol motifs (C(OH)–C–C–N with tert-alkyl or cyclic N) is 1. The van der Waals surface area contributed by atoms with Crippen LogP contribution in [0.4, 0.5) is 4.39 Å². The molecule has 1 fully saturated rings. The van der Waals surface area contributed by atoms with Crippen LogP contribution in [0, 0.1) is 5.82 Å². The molecule has 0 aromatic heterocycles. The molecule has 17 heavy (non-hydrogen) atoms. The van der Waals surface area contributed by atoms with Crippen LogP contribution in [0.25, 0.3) is 0 Å². The molecule has 0 radical (unpaired) electrons. The molecule has 1 saturated heterocycles. The van der Waals surface area contributed by atoms with E-state index in [9.17, 15) is 14.3 Å². The average Bonchev–Trinajstić information content (AvgIpc) is 2.72. The Morgan fingerprint density at radius 1 is 1.53 bits per heavy atom. The number of aliphatic hydroxyl groups is 1. The monoisotopic (exact) mass is 237 g/mol. The topological polar surface area (TPSA) is 40.5 Å². The number of hydrogen-bond donors (Lipinski definition) is 1. The average molecular weight is 237 g/mol. The Labute approximate surface area is 99.9 Å². The first kappa shape index (κ1) is 12.2. The van der Waals surface area contributed by atoms with Crippen molar-refractivity contribution in [1.82, 2.24) is 4.90 Å². The molecular weight excluding hydrogens is 221 g/mol. The van der Waals surface area contributed by atoms with Crippen LogP contribution in [0.5, 0.6) is 0 Å². The normalized spacial score (nSPS) is 20.7. The van der Waals surface area contributed by atoms with Crippen molar-refractivity contribution in [3.63, 3.8) is 0 Å². The first-order chi connectivity index (χ1) is 8.15. The lowest BCUT2D eigenvalue weighted by Crippen LogP contribution is -2.25. The van der Waals surface area contributed by atoms with E-state index in [1.165, 1.54) is 12.1 Å². The van der Waals surface area contributed by atoms with E-state index in [4.69, 9.17) is 0 Å². The van der Waals surface area contributed by atoms with Gasteiger partial charge in [-0.25, -0.2) is 4.39 Å². The number of carbonyl (C=O) groups is 1. The number of aliphatic hydroxyl groups excluding tert-OH is 1. The number of Topliss-reactive ketones (excluding diaryl/α,β-unsaturated/α-hetero) is 1. The third-order valence-corrected chi connectivity index (χ3v) is 3.05. The van der Waals surface area contributed by atoms with E-state index in [1.807, 2.05) is 0 Å². The molecule has 1 heterocycles. The molecule has 1 aliphatic heterocycles. The quantitative estimate of drug-likeness (QED) is 0.806. The Morgan fingerprint density at radius 3 is 3.00 bits per heavy atom. The van der Waals surface area contributed by atoms with E-state index in [-0.39, 0.29) is 17.7 Å². The number of likely N-dealkylation sites (tertiary alicyclic amines) is 1. The van der Waals surface area contributed by atoms with E-state index in [0.717, 1.165) is 13.0 Å². The van der Waals surface area contributed by atoms with Crippen molar-refractivity contribution in [1.29, 1.82) is 0 Å². The van der Waals surface area contributed by atoms with Crippen LogP contribution in [-0.4, -0.2) is 41.5 Å². The Bertz CT molecular complexity index is 408. The van der Waals surface area contributed by atoms with Gasteiger partial charge in [-0.05, 0) is 18.6 Å². The Kier molecular flexibility index (Phi) is 3.86. The Morgan fingerprint density at radius 2 is 2.35 bits per heavy atom. The maximum Gasteiger partial charge on any atom is 0.164 e. The zero-order chi connectivity index (χ0) is 12.3. The van der Waals surface area contributed by atoms with Gasteiger partial charge in [-0.2, -0.15) is 0 Å². The third-order valence-electron chi connectivity index (χ3n) is 3.05. The number of nitrogens with zero attached hydrogens (tertiary/aromatic N) is 1. The van der Waals surface area contributed by atoms with Crippen molar-refractivity contribution in [2.24, 2.45) is 0 Å². The van der Waals surface area contributed by atoms with Crippen LogP contribution >= 0.6 is 0 Å². The Hall–Kier alpha value is -1.26. The number of rotatable bonds is 4. The van der Waals surface area contributed by atoms with Gasteiger partial charge < -0.3 is 10.0 Å². The van der Waals surface area contributed by atoms with Gasteiger partial charge in [-0.15, -0.1) is 0 Å². The van der Waals surface area contributed by atoms with Gasteiger partial charge in [0, 0.05) is 31.6 Å². The zero-order valence-electron chi connectivity index (χ0n) is 9.60. The lowest BCUT2D eigenvalue weighted by Gasteiger charge is -2.13. The fourth-order valence-corrected chi connectivity index (χ4v) is 2.08. The van der Waals surface area contributed by atoms with Crippen LogP contribution < -0.4 is 0 Å². The van der Waals surface area contributed by atoms with Crippen molar-refractivity contribution in [3.05, 3.63) is 35.6 Å². The van der Waals surface area contributed by atoms with E-state index in [1.54, 1.807) is 12.1 Å². The summed E-state index contributed by atoms with van der Waals surface area (Å²) in [5.41, 5.74) is 0.421. The molecule has 92 valence electrons. The van der Waals surface area contributed by atoms with E-state index < -0.39 is 0 Å². The predicted octanol–water partition coefficient (Wildman–Crippen LogP) is 1.47. The van der Waals surface area contributed by atoms with E-state index >= 15 is 0 Å². The zero-order valence-corrected chi connectivity index (χ0v) is 9.60. The second-order valence-electron chi connectivity index (χ2n) is 4.43. The summed E-state index contributed by atoms with van der Waals surface area (Å²) in [4.78, 5) is 13.8. The number of ketones is 1. The van der Waals surface area contributed by atoms with Crippen LogP contribution in [-0.2, 0) is 0 Å². The molecule has 1 unspecified atom stereocenters. The fraction of sp³-hybridized carbons (Fsp3) is 0.462. The molecule has 1 aromatic rings. The second kappa shape index (κ2) is 5.38. The summed E-state index contributed by atoms with van der Waals surface area (Å²) in [6, 6.07) is 5.77. The van der Waals surface area contributed by atoms with Gasteiger partial charge in [0.2, 0.25) is 0 Å². The minimum absolute atomic E-state index is 0.0501. The molecular formula is C13H16FNO2. The molecule has 0 saturated carbocycles. The first-order valence-corrected chi connectivity index (χ1v) is 5.84. The molecule has 3 nitrogen and oxygen atoms in total. The summed E-state index contributed by atoms with van der Waals surface area (Å²) in [7, 11) is 0. The van der Waals surface area contributed by atoms with Crippen LogP contribution in [0.2, 0.25) is 0 Å². The molecule has 1 atom stereocenters. The van der Waals surface area contributed by atoms with Crippen molar-refractivity contribution < 1.29 is 14.3 Å². The predicted molar refractivity (Wildman–Crippen MR) is 62.4 cm³/mol. The van der Waals surface area contributed by atoms with Gasteiger partial charge in [0.25, 0.3) is 0 Å². The number of benzene rings is 1. The van der Waals surface area contributed by atoms with E-state index in [2.05, 4.69) is 4.90 Å². The lowest BCUT2D eigenvalue weighted by atomic mass is 10.1. The minimum Gasteiger partial charge on any atom is -0.392 e. The summed E-state index contributed by atoms with van der Waals surface area (Å²) >= 11 is 0. The van der Waals surface area contributed by atoms with Gasteiger partial charge in [-0.1, -0.05) is 12.1 Å². The summed E-state index contributed by atoms with van der Waals surface area (Å²) in [6.45, 7) is 2.10. The number of halogens is 1.